The van der Waals surface area contributed by atoms with Gasteiger partial charge in [0.2, 0.25) is 5.76 Å². The van der Waals surface area contributed by atoms with Crippen molar-refractivity contribution >= 4 is 40.0 Å². The first kappa shape index (κ1) is 17.5. The second-order valence-electron chi connectivity index (χ2n) is 6.45. The number of aryl methyl sites for hydroxylation is 1. The molecule has 26 heavy (non-hydrogen) atoms. The number of hydrogen-bond donors (Lipinski definition) is 0. The van der Waals surface area contributed by atoms with E-state index in [1.807, 2.05) is 31.2 Å². The van der Waals surface area contributed by atoms with Crippen LogP contribution in [0.3, 0.4) is 0 Å². The van der Waals surface area contributed by atoms with Crippen molar-refractivity contribution in [3.8, 4) is 0 Å². The highest BCUT2D eigenvalue weighted by atomic mass is 32.2. The first-order valence-electron chi connectivity index (χ1n) is 8.85. The molecule has 0 spiro atoms. The maximum absolute atomic E-state index is 12.8. The number of ether oxygens (including phenoxy) is 1. The predicted molar refractivity (Wildman–Crippen MR) is 103 cm³/mol. The number of esters is 1. The molecule has 1 aliphatic carbocycles. The van der Waals surface area contributed by atoms with Gasteiger partial charge < -0.3 is 9.15 Å². The minimum absolute atomic E-state index is 0.00998. The summed E-state index contributed by atoms with van der Waals surface area (Å²) >= 11 is 3.12. The number of thioether (sulfide) groups is 1. The minimum atomic E-state index is -0.350. The summed E-state index contributed by atoms with van der Waals surface area (Å²) in [5.74, 6) is 0.573. The maximum Gasteiger partial charge on any atom is 0.374 e. The van der Waals surface area contributed by atoms with Crippen LogP contribution in [0.5, 0.6) is 0 Å². The van der Waals surface area contributed by atoms with E-state index < -0.39 is 0 Å². The van der Waals surface area contributed by atoms with E-state index >= 15 is 0 Å². The smallest absolute Gasteiger partial charge is 0.374 e. The van der Waals surface area contributed by atoms with Gasteiger partial charge in [-0.25, -0.2) is 4.79 Å². The third-order valence-corrected chi connectivity index (χ3v) is 6.56. The molecule has 0 N–H and O–H groups in total. The zero-order valence-electron chi connectivity index (χ0n) is 14.6. The van der Waals surface area contributed by atoms with Crippen molar-refractivity contribution in [2.75, 3.05) is 0 Å². The molecule has 1 fully saturated rings. The van der Waals surface area contributed by atoms with Crippen molar-refractivity contribution in [2.45, 2.75) is 55.2 Å². The topological polar surface area (TPSA) is 65.2 Å². The van der Waals surface area contributed by atoms with Crippen LogP contribution in [0.2, 0.25) is 0 Å². The molecule has 136 valence electrons. The number of benzene rings is 1. The van der Waals surface area contributed by atoms with Crippen LogP contribution in [0.4, 0.5) is 0 Å². The Labute approximate surface area is 160 Å². The lowest BCUT2D eigenvalue weighted by molar-refractivity contribution is 0.0178. The fourth-order valence-electron chi connectivity index (χ4n) is 3.27. The number of aromatic nitrogens is 2. The Hall–Kier alpha value is -1.86. The van der Waals surface area contributed by atoms with Gasteiger partial charge in [0, 0.05) is 16.7 Å². The summed E-state index contributed by atoms with van der Waals surface area (Å²) in [4.78, 5) is 12.8. The van der Waals surface area contributed by atoms with Crippen molar-refractivity contribution in [3.05, 3.63) is 40.6 Å². The molecule has 1 aliphatic rings. The van der Waals surface area contributed by atoms with E-state index in [4.69, 9.17) is 9.15 Å². The summed E-state index contributed by atoms with van der Waals surface area (Å²) in [5.41, 5.74) is 1.59. The van der Waals surface area contributed by atoms with Crippen molar-refractivity contribution in [2.24, 2.45) is 0 Å². The van der Waals surface area contributed by atoms with Crippen molar-refractivity contribution in [1.82, 2.24) is 10.2 Å². The number of rotatable bonds is 5. The summed E-state index contributed by atoms with van der Waals surface area (Å²) in [7, 11) is 0. The van der Waals surface area contributed by atoms with Crippen molar-refractivity contribution in [3.63, 3.8) is 0 Å². The number of furan rings is 1. The fraction of sp³-hybridized carbons (Fsp3) is 0.421. The molecule has 0 atom stereocenters. The molecule has 5 nitrogen and oxygen atoms in total. The van der Waals surface area contributed by atoms with Gasteiger partial charge in [0.15, 0.2) is 4.34 Å². The van der Waals surface area contributed by atoms with Crippen LogP contribution in [0.25, 0.3) is 11.0 Å². The van der Waals surface area contributed by atoms with Crippen LogP contribution in [0, 0.1) is 6.92 Å². The van der Waals surface area contributed by atoms with E-state index in [1.165, 1.54) is 6.42 Å². The van der Waals surface area contributed by atoms with Crippen LogP contribution >= 0.6 is 23.1 Å². The number of fused-ring (bicyclic) bond motifs is 1. The van der Waals surface area contributed by atoms with E-state index in [-0.39, 0.29) is 12.1 Å². The fourth-order valence-corrected chi connectivity index (χ4v) is 5.11. The van der Waals surface area contributed by atoms with E-state index in [0.29, 0.717) is 17.1 Å². The van der Waals surface area contributed by atoms with Gasteiger partial charge in [-0.15, -0.1) is 10.2 Å². The molecule has 0 radical (unpaired) electrons. The second-order valence-corrected chi connectivity index (χ2v) is 8.85. The second kappa shape index (κ2) is 7.80. The van der Waals surface area contributed by atoms with Crippen LogP contribution in [-0.4, -0.2) is 22.3 Å². The molecule has 7 heteroatoms. The summed E-state index contributed by atoms with van der Waals surface area (Å²) in [5, 5.41) is 10.1. The number of nitrogens with zero attached hydrogens (tertiary/aromatic N) is 2. The van der Waals surface area contributed by atoms with Gasteiger partial charge >= 0.3 is 5.97 Å². The van der Waals surface area contributed by atoms with Gasteiger partial charge in [-0.3, -0.25) is 0 Å². The van der Waals surface area contributed by atoms with E-state index in [1.54, 1.807) is 23.1 Å². The van der Waals surface area contributed by atoms with Crippen LogP contribution in [-0.2, 0) is 10.5 Å². The van der Waals surface area contributed by atoms with Gasteiger partial charge in [-0.05, 0) is 38.7 Å². The molecule has 2 heterocycles. The summed E-state index contributed by atoms with van der Waals surface area (Å²) < 4.78 is 12.5. The van der Waals surface area contributed by atoms with Gasteiger partial charge in [0.25, 0.3) is 0 Å². The van der Waals surface area contributed by atoms with E-state index in [2.05, 4.69) is 10.2 Å². The lowest BCUT2D eigenvalue weighted by atomic mass is 9.98. The monoisotopic (exact) mass is 388 g/mol. The normalized spacial score (nSPS) is 15.4. The number of para-hydroxylation sites is 1. The predicted octanol–water partition coefficient (Wildman–Crippen LogP) is 5.37. The first-order valence-corrected chi connectivity index (χ1v) is 10.6. The third kappa shape index (κ3) is 3.78. The Morgan fingerprint density at radius 3 is 2.85 bits per heavy atom. The lowest BCUT2D eigenvalue weighted by Gasteiger charge is -2.21. The molecular weight excluding hydrogens is 368 g/mol. The van der Waals surface area contributed by atoms with Crippen LogP contribution in [0.1, 0.15) is 53.2 Å². The Bertz CT molecular complexity index is 913. The zero-order valence-corrected chi connectivity index (χ0v) is 16.2. The van der Waals surface area contributed by atoms with Crippen molar-refractivity contribution in [1.29, 1.82) is 0 Å². The average Bonchev–Trinajstić information content (AvgIpc) is 3.24. The minimum Gasteiger partial charge on any atom is -0.457 e. The number of carbonyl (C=O) groups excluding carboxylic acids is 1. The Balaban J connectivity index is 1.59. The maximum atomic E-state index is 12.8. The number of carbonyl (C=O) groups is 1. The molecular formula is C19H20N2O3S2. The molecule has 0 saturated heterocycles. The van der Waals surface area contributed by atoms with Crippen LogP contribution in [0.15, 0.2) is 33.0 Å². The molecule has 3 aromatic rings. The standard InChI is InChI=1S/C19H20N2O3S2/c1-12-20-21-19(26-12)25-11-15-14-9-5-6-10-16(14)24-17(15)18(22)23-13-7-3-2-4-8-13/h5-6,9-10,13H,2-4,7-8,11H2,1H3. The molecule has 0 aliphatic heterocycles. The Morgan fingerprint density at radius 2 is 2.08 bits per heavy atom. The van der Waals surface area contributed by atoms with Crippen LogP contribution < -0.4 is 0 Å². The number of hydrogen-bond acceptors (Lipinski definition) is 7. The molecule has 0 amide bonds. The summed E-state index contributed by atoms with van der Waals surface area (Å²) in [6.07, 6.45) is 5.37. The molecule has 1 aromatic carbocycles. The van der Waals surface area contributed by atoms with Crippen molar-refractivity contribution < 1.29 is 13.9 Å². The highest BCUT2D eigenvalue weighted by Crippen LogP contribution is 2.34. The van der Waals surface area contributed by atoms with Gasteiger partial charge in [-0.1, -0.05) is 47.7 Å². The Kier molecular flexibility index (Phi) is 5.26. The van der Waals surface area contributed by atoms with Gasteiger partial charge in [-0.2, -0.15) is 0 Å². The SMILES string of the molecule is Cc1nnc(SCc2c(C(=O)OC3CCCCC3)oc3ccccc23)s1. The lowest BCUT2D eigenvalue weighted by Crippen LogP contribution is -2.21. The summed E-state index contributed by atoms with van der Waals surface area (Å²) in [6, 6.07) is 7.73. The Morgan fingerprint density at radius 1 is 1.27 bits per heavy atom. The van der Waals surface area contributed by atoms with E-state index in [0.717, 1.165) is 46.0 Å². The van der Waals surface area contributed by atoms with Gasteiger partial charge in [0.1, 0.15) is 16.7 Å². The first-order chi connectivity index (χ1) is 12.7. The van der Waals surface area contributed by atoms with E-state index in [9.17, 15) is 4.79 Å². The highest BCUT2D eigenvalue weighted by molar-refractivity contribution is 8.00. The highest BCUT2D eigenvalue weighted by Gasteiger charge is 2.25. The quantitative estimate of drug-likeness (QED) is 0.432. The molecule has 2 aromatic heterocycles. The zero-order chi connectivity index (χ0) is 17.9. The molecule has 0 bridgehead atoms. The average molecular weight is 389 g/mol. The van der Waals surface area contributed by atoms with Gasteiger partial charge in [0.05, 0.1) is 0 Å². The molecule has 0 unspecified atom stereocenters. The third-order valence-electron chi connectivity index (χ3n) is 4.56. The molecule has 1 saturated carbocycles. The molecule has 4 rings (SSSR count). The largest absolute Gasteiger partial charge is 0.457 e. The summed E-state index contributed by atoms with van der Waals surface area (Å²) in [6.45, 7) is 1.93.